The Morgan fingerprint density at radius 3 is 2.95 bits per heavy atom. The van der Waals surface area contributed by atoms with Gasteiger partial charge >= 0.3 is 0 Å². The van der Waals surface area contributed by atoms with Crippen molar-refractivity contribution < 1.29 is 4.92 Å². The number of nitro benzene ring substituents is 1. The molecule has 2 aliphatic heterocycles. The van der Waals surface area contributed by atoms with E-state index in [9.17, 15) is 10.1 Å². The summed E-state index contributed by atoms with van der Waals surface area (Å²) in [6.45, 7) is 4.26. The zero-order valence-corrected chi connectivity index (χ0v) is 11.8. The molecule has 2 heterocycles. The van der Waals surface area contributed by atoms with E-state index in [-0.39, 0.29) is 16.7 Å². The monoisotopic (exact) mass is 275 g/mol. The predicted molar refractivity (Wildman–Crippen MR) is 77.6 cm³/mol. The number of likely N-dealkylation sites (tertiary alicyclic amines) is 1. The smallest absolute Gasteiger partial charge is 0.269 e. The van der Waals surface area contributed by atoms with Crippen LogP contribution in [0.25, 0.3) is 0 Å². The van der Waals surface area contributed by atoms with Crippen molar-refractivity contribution in [2.45, 2.75) is 44.3 Å². The summed E-state index contributed by atoms with van der Waals surface area (Å²) < 4.78 is 0. The third-order valence-electron chi connectivity index (χ3n) is 4.67. The van der Waals surface area contributed by atoms with Crippen molar-refractivity contribution in [3.05, 3.63) is 39.9 Å². The molecule has 0 spiro atoms. The molecular weight excluding hydrogens is 254 g/mol. The van der Waals surface area contributed by atoms with E-state index in [1.54, 1.807) is 18.2 Å². The van der Waals surface area contributed by atoms with Gasteiger partial charge in [-0.05, 0) is 31.7 Å². The van der Waals surface area contributed by atoms with Gasteiger partial charge in [0, 0.05) is 43.3 Å². The molecule has 0 aromatic heterocycles. The Labute approximate surface area is 119 Å². The number of nitrogens with one attached hydrogen (secondary N) is 1. The third-order valence-corrected chi connectivity index (χ3v) is 4.67. The number of benzene rings is 1. The van der Waals surface area contributed by atoms with Gasteiger partial charge in [0.2, 0.25) is 0 Å². The molecule has 1 N–H and O–H groups in total. The van der Waals surface area contributed by atoms with Crippen LogP contribution in [-0.4, -0.2) is 35.0 Å². The maximum Gasteiger partial charge on any atom is 0.269 e. The first-order valence-corrected chi connectivity index (χ1v) is 7.38. The summed E-state index contributed by atoms with van der Waals surface area (Å²) in [6.07, 6.45) is 3.72. The lowest BCUT2D eigenvalue weighted by Gasteiger charge is -2.30. The number of hydrogen-bond donors (Lipinski definition) is 1. The van der Waals surface area contributed by atoms with E-state index in [2.05, 4.69) is 17.1 Å². The molecule has 108 valence electrons. The molecule has 5 heteroatoms. The summed E-state index contributed by atoms with van der Waals surface area (Å²) >= 11 is 0. The Hall–Kier alpha value is -1.46. The zero-order valence-electron chi connectivity index (χ0n) is 11.8. The standard InChI is InChI=1S/C15H21N3O2/c1-11(12-3-2-4-15(9-12)18(19)20)17-8-7-13-5-6-14(10-17)16-13/h2-4,9,11,13-14,16H,5-8,10H2,1H3. The summed E-state index contributed by atoms with van der Waals surface area (Å²) in [5.41, 5.74) is 1.22. The average molecular weight is 275 g/mol. The van der Waals surface area contributed by atoms with Crippen LogP contribution in [0.5, 0.6) is 0 Å². The molecule has 20 heavy (non-hydrogen) atoms. The van der Waals surface area contributed by atoms with E-state index < -0.39 is 0 Å². The van der Waals surface area contributed by atoms with Crippen LogP contribution in [0, 0.1) is 10.1 Å². The largest absolute Gasteiger partial charge is 0.310 e. The van der Waals surface area contributed by atoms with Gasteiger partial charge in [0.1, 0.15) is 0 Å². The molecule has 1 aromatic carbocycles. The molecule has 0 aliphatic carbocycles. The second-order valence-corrected chi connectivity index (χ2v) is 5.95. The van der Waals surface area contributed by atoms with Gasteiger partial charge in [-0.1, -0.05) is 12.1 Å². The lowest BCUT2D eigenvalue weighted by molar-refractivity contribution is -0.384. The summed E-state index contributed by atoms with van der Waals surface area (Å²) in [7, 11) is 0. The summed E-state index contributed by atoms with van der Waals surface area (Å²) in [5.74, 6) is 0. The van der Waals surface area contributed by atoms with E-state index in [0.29, 0.717) is 12.1 Å². The highest BCUT2D eigenvalue weighted by atomic mass is 16.6. The maximum atomic E-state index is 10.9. The number of rotatable bonds is 3. The van der Waals surface area contributed by atoms with Crippen LogP contribution in [0.3, 0.4) is 0 Å². The van der Waals surface area contributed by atoms with E-state index >= 15 is 0 Å². The number of non-ortho nitro benzene ring substituents is 1. The Balaban J connectivity index is 1.76. The molecular formula is C15H21N3O2. The molecule has 0 radical (unpaired) electrons. The molecule has 3 atom stereocenters. The number of nitrogens with zero attached hydrogens (tertiary/aromatic N) is 2. The number of nitro groups is 1. The lowest BCUT2D eigenvalue weighted by atomic mass is 10.0. The first kappa shape index (κ1) is 13.5. The van der Waals surface area contributed by atoms with E-state index in [4.69, 9.17) is 0 Å². The fraction of sp³-hybridized carbons (Fsp3) is 0.600. The summed E-state index contributed by atoms with van der Waals surface area (Å²) in [4.78, 5) is 13.0. The van der Waals surface area contributed by atoms with Crippen molar-refractivity contribution in [1.82, 2.24) is 10.2 Å². The molecule has 2 bridgehead atoms. The highest BCUT2D eigenvalue weighted by Crippen LogP contribution is 2.28. The Morgan fingerprint density at radius 2 is 2.15 bits per heavy atom. The predicted octanol–water partition coefficient (Wildman–Crippen LogP) is 2.48. The van der Waals surface area contributed by atoms with Gasteiger partial charge in [-0.15, -0.1) is 0 Å². The topological polar surface area (TPSA) is 58.4 Å². The highest BCUT2D eigenvalue weighted by Gasteiger charge is 2.31. The average Bonchev–Trinajstić information content (AvgIpc) is 2.78. The number of fused-ring (bicyclic) bond motifs is 2. The minimum atomic E-state index is -0.317. The second-order valence-electron chi connectivity index (χ2n) is 5.95. The van der Waals surface area contributed by atoms with Gasteiger partial charge in [-0.25, -0.2) is 0 Å². The zero-order chi connectivity index (χ0) is 14.1. The van der Waals surface area contributed by atoms with Crippen LogP contribution in [0.2, 0.25) is 0 Å². The van der Waals surface area contributed by atoms with Crippen molar-refractivity contribution in [1.29, 1.82) is 0 Å². The molecule has 3 unspecified atom stereocenters. The maximum absolute atomic E-state index is 10.9. The van der Waals surface area contributed by atoms with Crippen LogP contribution in [0.15, 0.2) is 24.3 Å². The van der Waals surface area contributed by atoms with Crippen LogP contribution in [0.1, 0.15) is 37.8 Å². The molecule has 3 rings (SSSR count). The van der Waals surface area contributed by atoms with E-state index in [1.165, 1.54) is 19.3 Å². The van der Waals surface area contributed by atoms with E-state index in [0.717, 1.165) is 18.7 Å². The second kappa shape index (κ2) is 5.50. The Kier molecular flexibility index (Phi) is 3.72. The van der Waals surface area contributed by atoms with Gasteiger partial charge < -0.3 is 5.32 Å². The summed E-state index contributed by atoms with van der Waals surface area (Å²) in [5, 5.41) is 14.6. The van der Waals surface area contributed by atoms with Crippen LogP contribution < -0.4 is 5.32 Å². The van der Waals surface area contributed by atoms with Gasteiger partial charge in [0.15, 0.2) is 0 Å². The first-order valence-electron chi connectivity index (χ1n) is 7.38. The van der Waals surface area contributed by atoms with Crippen molar-refractivity contribution in [3.8, 4) is 0 Å². The fourth-order valence-corrected chi connectivity index (χ4v) is 3.43. The van der Waals surface area contributed by atoms with E-state index in [1.807, 2.05) is 6.07 Å². The van der Waals surface area contributed by atoms with Crippen LogP contribution >= 0.6 is 0 Å². The van der Waals surface area contributed by atoms with Crippen LogP contribution in [-0.2, 0) is 0 Å². The molecule has 2 saturated heterocycles. The Bertz CT molecular complexity index is 506. The molecule has 5 nitrogen and oxygen atoms in total. The van der Waals surface area contributed by atoms with Gasteiger partial charge in [-0.2, -0.15) is 0 Å². The third kappa shape index (κ3) is 2.69. The minimum Gasteiger partial charge on any atom is -0.310 e. The molecule has 1 aromatic rings. The van der Waals surface area contributed by atoms with Crippen molar-refractivity contribution in [2.75, 3.05) is 13.1 Å². The van der Waals surface area contributed by atoms with Crippen molar-refractivity contribution >= 4 is 5.69 Å². The molecule has 0 amide bonds. The minimum absolute atomic E-state index is 0.184. The normalized spacial score (nSPS) is 28.1. The van der Waals surface area contributed by atoms with Gasteiger partial charge in [0.05, 0.1) is 4.92 Å². The lowest BCUT2D eigenvalue weighted by Crippen LogP contribution is -2.36. The quantitative estimate of drug-likeness (QED) is 0.680. The molecule has 2 fully saturated rings. The highest BCUT2D eigenvalue weighted by molar-refractivity contribution is 5.35. The number of hydrogen-bond acceptors (Lipinski definition) is 4. The van der Waals surface area contributed by atoms with Crippen molar-refractivity contribution in [2.24, 2.45) is 0 Å². The van der Waals surface area contributed by atoms with Crippen molar-refractivity contribution in [3.63, 3.8) is 0 Å². The summed E-state index contributed by atoms with van der Waals surface area (Å²) in [6, 6.07) is 8.53. The fourth-order valence-electron chi connectivity index (χ4n) is 3.43. The Morgan fingerprint density at radius 1 is 1.35 bits per heavy atom. The molecule has 2 aliphatic rings. The first-order chi connectivity index (χ1) is 9.63. The van der Waals surface area contributed by atoms with Crippen LogP contribution in [0.4, 0.5) is 5.69 Å². The van der Waals surface area contributed by atoms with Gasteiger partial charge in [-0.3, -0.25) is 15.0 Å². The SMILES string of the molecule is CC(c1cccc([N+](=O)[O-])c1)N1CCC2CCC(C1)N2. The molecule has 0 saturated carbocycles. The van der Waals surface area contributed by atoms with Gasteiger partial charge in [0.25, 0.3) is 5.69 Å².